The van der Waals surface area contributed by atoms with Crippen molar-refractivity contribution >= 4 is 5.69 Å². The number of likely N-dealkylation sites (N-methyl/N-ethyl adjacent to an activating group) is 1. The molecule has 1 fully saturated rings. The fraction of sp³-hybridized carbons (Fsp3) is 0.625. The predicted octanol–water partition coefficient (Wildman–Crippen LogP) is 1.01. The van der Waals surface area contributed by atoms with E-state index in [2.05, 4.69) is 28.8 Å². The molecule has 0 aliphatic carbocycles. The van der Waals surface area contributed by atoms with Crippen molar-refractivity contribution in [2.24, 2.45) is 5.73 Å². The summed E-state index contributed by atoms with van der Waals surface area (Å²) in [6, 6.07) is 5.51. The number of nitrogens with two attached hydrogens (primary N) is 1. The third-order valence-corrected chi connectivity index (χ3v) is 4.02. The number of rotatable bonds is 6. The third kappa shape index (κ3) is 4.66. The maximum absolute atomic E-state index is 14.2. The second kappa shape index (κ2) is 7.73. The van der Waals surface area contributed by atoms with E-state index in [1.807, 2.05) is 12.1 Å². The molecule has 1 aromatic rings. The SMILES string of the molecule is CN(C)CCN1CCN(c2ccc(CCN)cc2F)CC1. The topological polar surface area (TPSA) is 35.7 Å². The highest BCUT2D eigenvalue weighted by molar-refractivity contribution is 5.49. The molecule has 1 heterocycles. The van der Waals surface area contributed by atoms with Crippen molar-refractivity contribution in [1.29, 1.82) is 0 Å². The molecule has 2 rings (SSSR count). The number of halogens is 1. The first-order valence-corrected chi connectivity index (χ1v) is 7.70. The van der Waals surface area contributed by atoms with Gasteiger partial charge in [-0.3, -0.25) is 4.90 Å². The van der Waals surface area contributed by atoms with Crippen molar-refractivity contribution in [3.8, 4) is 0 Å². The van der Waals surface area contributed by atoms with Gasteiger partial charge >= 0.3 is 0 Å². The van der Waals surface area contributed by atoms with Gasteiger partial charge in [-0.1, -0.05) is 6.07 Å². The molecular formula is C16H27FN4. The highest BCUT2D eigenvalue weighted by Gasteiger charge is 2.19. The standard InChI is InChI=1S/C16H27FN4/c1-19(2)7-8-20-9-11-21(12-10-20)16-4-3-14(5-6-18)13-15(16)17/h3-4,13H,5-12,18H2,1-2H3. The van der Waals surface area contributed by atoms with Crippen LogP contribution in [0.15, 0.2) is 18.2 Å². The zero-order valence-electron chi connectivity index (χ0n) is 13.2. The molecule has 21 heavy (non-hydrogen) atoms. The number of benzene rings is 1. The Kier molecular flexibility index (Phi) is 5.96. The van der Waals surface area contributed by atoms with Crippen LogP contribution in [0.25, 0.3) is 0 Å². The van der Waals surface area contributed by atoms with Crippen LogP contribution in [0.5, 0.6) is 0 Å². The Bertz CT molecular complexity index is 442. The Morgan fingerprint density at radius 2 is 1.90 bits per heavy atom. The third-order valence-electron chi connectivity index (χ3n) is 4.02. The zero-order valence-corrected chi connectivity index (χ0v) is 13.2. The molecule has 1 aromatic carbocycles. The Balaban J connectivity index is 1.90. The van der Waals surface area contributed by atoms with Gasteiger partial charge in [-0.15, -0.1) is 0 Å². The second-order valence-corrected chi connectivity index (χ2v) is 5.96. The Labute approximate surface area is 127 Å². The van der Waals surface area contributed by atoms with Gasteiger partial charge in [0.1, 0.15) is 5.82 Å². The van der Waals surface area contributed by atoms with E-state index in [1.165, 1.54) is 0 Å². The summed E-state index contributed by atoms with van der Waals surface area (Å²) in [4.78, 5) is 6.78. The lowest BCUT2D eigenvalue weighted by Crippen LogP contribution is -2.48. The number of piperazine rings is 1. The first kappa shape index (κ1) is 16.2. The smallest absolute Gasteiger partial charge is 0.146 e. The molecule has 4 nitrogen and oxygen atoms in total. The molecule has 0 bridgehead atoms. The van der Waals surface area contributed by atoms with Crippen LogP contribution in [0.4, 0.5) is 10.1 Å². The molecule has 0 spiro atoms. The monoisotopic (exact) mass is 294 g/mol. The first-order valence-electron chi connectivity index (χ1n) is 7.70. The molecule has 2 N–H and O–H groups in total. The van der Waals surface area contributed by atoms with Crippen LogP contribution in [0, 0.1) is 5.82 Å². The van der Waals surface area contributed by atoms with Crippen molar-refractivity contribution in [1.82, 2.24) is 9.80 Å². The molecule has 0 atom stereocenters. The molecule has 118 valence electrons. The highest BCUT2D eigenvalue weighted by Crippen LogP contribution is 2.22. The molecule has 5 heteroatoms. The first-order chi connectivity index (χ1) is 10.1. The van der Waals surface area contributed by atoms with Crippen LogP contribution in [-0.4, -0.2) is 69.7 Å². The van der Waals surface area contributed by atoms with E-state index < -0.39 is 0 Å². The minimum atomic E-state index is -0.123. The summed E-state index contributed by atoms with van der Waals surface area (Å²) in [5, 5.41) is 0. The lowest BCUT2D eigenvalue weighted by molar-refractivity contribution is 0.229. The van der Waals surface area contributed by atoms with Crippen molar-refractivity contribution in [2.45, 2.75) is 6.42 Å². The average Bonchev–Trinajstić information content (AvgIpc) is 2.46. The van der Waals surface area contributed by atoms with Crippen LogP contribution in [0.3, 0.4) is 0 Å². The number of nitrogens with zero attached hydrogens (tertiary/aromatic N) is 3. The van der Waals surface area contributed by atoms with Crippen molar-refractivity contribution < 1.29 is 4.39 Å². The van der Waals surface area contributed by atoms with E-state index in [4.69, 9.17) is 5.73 Å². The van der Waals surface area contributed by atoms with Crippen LogP contribution >= 0.6 is 0 Å². The van der Waals surface area contributed by atoms with Crippen LogP contribution in [0.2, 0.25) is 0 Å². The van der Waals surface area contributed by atoms with E-state index in [1.54, 1.807) is 6.07 Å². The van der Waals surface area contributed by atoms with Gasteiger partial charge in [0.15, 0.2) is 0 Å². The maximum Gasteiger partial charge on any atom is 0.146 e. The predicted molar refractivity (Wildman–Crippen MR) is 86.4 cm³/mol. The Hall–Kier alpha value is -1.17. The van der Waals surface area contributed by atoms with Gasteiger partial charge in [0.2, 0.25) is 0 Å². The van der Waals surface area contributed by atoms with E-state index in [0.717, 1.165) is 56.9 Å². The Morgan fingerprint density at radius 1 is 1.19 bits per heavy atom. The second-order valence-electron chi connectivity index (χ2n) is 5.96. The normalized spacial score (nSPS) is 16.7. The summed E-state index contributed by atoms with van der Waals surface area (Å²) in [5.41, 5.74) is 7.21. The van der Waals surface area contributed by atoms with Crippen molar-refractivity contribution in [3.63, 3.8) is 0 Å². The molecule has 0 radical (unpaired) electrons. The number of hydrogen-bond acceptors (Lipinski definition) is 4. The number of hydrogen-bond donors (Lipinski definition) is 1. The molecule has 1 saturated heterocycles. The van der Waals surface area contributed by atoms with Gasteiger partial charge < -0.3 is 15.5 Å². The fourth-order valence-electron chi connectivity index (χ4n) is 2.68. The van der Waals surface area contributed by atoms with Crippen LogP contribution in [-0.2, 0) is 6.42 Å². The summed E-state index contributed by atoms with van der Waals surface area (Å²) in [7, 11) is 4.18. The fourth-order valence-corrected chi connectivity index (χ4v) is 2.68. The van der Waals surface area contributed by atoms with Gasteiger partial charge in [0.05, 0.1) is 5.69 Å². The molecular weight excluding hydrogens is 267 g/mol. The highest BCUT2D eigenvalue weighted by atomic mass is 19.1. The summed E-state index contributed by atoms with van der Waals surface area (Å²) >= 11 is 0. The molecule has 0 amide bonds. The van der Waals surface area contributed by atoms with Crippen molar-refractivity contribution in [3.05, 3.63) is 29.6 Å². The summed E-state index contributed by atoms with van der Waals surface area (Å²) < 4.78 is 14.2. The minimum absolute atomic E-state index is 0.123. The molecule has 0 unspecified atom stereocenters. The zero-order chi connectivity index (χ0) is 15.2. The van der Waals surface area contributed by atoms with Gasteiger partial charge in [-0.2, -0.15) is 0 Å². The maximum atomic E-state index is 14.2. The molecule has 1 aliphatic heterocycles. The summed E-state index contributed by atoms with van der Waals surface area (Å²) in [5.74, 6) is -0.123. The Morgan fingerprint density at radius 3 is 2.48 bits per heavy atom. The van der Waals surface area contributed by atoms with E-state index in [9.17, 15) is 4.39 Å². The van der Waals surface area contributed by atoms with Crippen molar-refractivity contribution in [2.75, 3.05) is 64.8 Å². The minimum Gasteiger partial charge on any atom is -0.367 e. The lowest BCUT2D eigenvalue weighted by Gasteiger charge is -2.36. The molecule has 0 saturated carbocycles. The largest absolute Gasteiger partial charge is 0.367 e. The molecule has 1 aliphatic rings. The number of anilines is 1. The summed E-state index contributed by atoms with van der Waals surface area (Å²) in [6.45, 7) is 6.49. The quantitative estimate of drug-likeness (QED) is 0.849. The average molecular weight is 294 g/mol. The van der Waals surface area contributed by atoms with Crippen LogP contribution < -0.4 is 10.6 Å². The van der Waals surface area contributed by atoms with Gasteiger partial charge in [-0.05, 0) is 44.8 Å². The van der Waals surface area contributed by atoms with E-state index >= 15 is 0 Å². The lowest BCUT2D eigenvalue weighted by atomic mass is 10.1. The molecule has 0 aromatic heterocycles. The summed E-state index contributed by atoms with van der Waals surface area (Å²) in [6.07, 6.45) is 0.732. The van der Waals surface area contributed by atoms with Gasteiger partial charge in [0, 0.05) is 39.3 Å². The van der Waals surface area contributed by atoms with E-state index in [0.29, 0.717) is 6.54 Å². The van der Waals surface area contributed by atoms with Gasteiger partial charge in [-0.25, -0.2) is 4.39 Å². The van der Waals surface area contributed by atoms with E-state index in [-0.39, 0.29) is 5.82 Å². The van der Waals surface area contributed by atoms with Crippen LogP contribution in [0.1, 0.15) is 5.56 Å². The van der Waals surface area contributed by atoms with Gasteiger partial charge in [0.25, 0.3) is 0 Å².